The summed E-state index contributed by atoms with van der Waals surface area (Å²) < 4.78 is 5.18. The van der Waals surface area contributed by atoms with Crippen LogP contribution >= 0.6 is 0 Å². The quantitative estimate of drug-likeness (QED) is 0.146. The van der Waals surface area contributed by atoms with Crippen molar-refractivity contribution in [2.24, 2.45) is 5.10 Å². The number of nitro benzene ring substituents is 2. The number of aromatic nitrogens is 3. The summed E-state index contributed by atoms with van der Waals surface area (Å²) in [5.41, 5.74) is 5.12. The van der Waals surface area contributed by atoms with Crippen molar-refractivity contribution in [1.29, 1.82) is 0 Å². The Hall–Kier alpha value is -5.66. The molecule has 38 heavy (non-hydrogen) atoms. The number of hydrazone groups is 1. The smallest absolute Gasteiger partial charge is 0.269 e. The SMILES string of the molecule is COc1ccc(Nc2nc(NN=C(C)c3ccc([N+](=O)[O-])cc3)nc(Nc3ccc([N+](=O)[O-])cc3)n2)cc1. The fourth-order valence-corrected chi connectivity index (χ4v) is 3.16. The molecule has 1 heterocycles. The summed E-state index contributed by atoms with van der Waals surface area (Å²) in [6.45, 7) is 1.72. The minimum absolute atomic E-state index is 0.0248. The molecule has 0 fully saturated rings. The summed E-state index contributed by atoms with van der Waals surface area (Å²) in [6, 6.07) is 18.9. The molecule has 0 saturated carbocycles. The fourth-order valence-electron chi connectivity index (χ4n) is 3.16. The molecule has 3 N–H and O–H groups in total. The Morgan fingerprint density at radius 1 is 0.737 bits per heavy atom. The standard InChI is InChI=1S/C24H21N9O5/c1-15(16-3-9-19(10-4-16)32(34)35)30-31-24-28-22(25-17-5-11-20(12-6-17)33(36)37)27-23(29-24)26-18-7-13-21(38-2)14-8-18/h3-14H,1-2H3,(H3,25,26,27,28,29,31). The molecule has 14 heteroatoms. The highest BCUT2D eigenvalue weighted by atomic mass is 16.6. The van der Waals surface area contributed by atoms with E-state index in [1.54, 1.807) is 50.4 Å². The molecule has 1 aromatic heterocycles. The Balaban J connectivity index is 1.59. The van der Waals surface area contributed by atoms with Crippen LogP contribution in [0.2, 0.25) is 0 Å². The van der Waals surface area contributed by atoms with E-state index in [4.69, 9.17) is 4.74 Å². The van der Waals surface area contributed by atoms with Crippen LogP contribution in [0, 0.1) is 20.2 Å². The van der Waals surface area contributed by atoms with Crippen LogP contribution in [0.5, 0.6) is 5.75 Å². The maximum Gasteiger partial charge on any atom is 0.269 e. The number of nitro groups is 2. The minimum atomic E-state index is -0.489. The summed E-state index contributed by atoms with van der Waals surface area (Å²) in [7, 11) is 1.57. The molecule has 0 saturated heterocycles. The van der Waals surface area contributed by atoms with E-state index >= 15 is 0 Å². The van der Waals surface area contributed by atoms with Crippen LogP contribution in [0.15, 0.2) is 77.9 Å². The van der Waals surface area contributed by atoms with E-state index in [0.717, 1.165) is 0 Å². The van der Waals surface area contributed by atoms with Crippen molar-refractivity contribution in [3.63, 3.8) is 0 Å². The average molecular weight is 515 g/mol. The van der Waals surface area contributed by atoms with Gasteiger partial charge < -0.3 is 15.4 Å². The van der Waals surface area contributed by atoms with Crippen molar-refractivity contribution in [3.8, 4) is 5.75 Å². The molecule has 0 atom stereocenters. The first-order valence-electron chi connectivity index (χ1n) is 11.0. The first-order chi connectivity index (χ1) is 18.3. The normalized spacial score (nSPS) is 10.9. The van der Waals surface area contributed by atoms with Gasteiger partial charge in [-0.15, -0.1) is 0 Å². The molecular formula is C24H21N9O5. The number of ether oxygens (including phenoxy) is 1. The molecule has 0 unspecified atom stereocenters. The molecular weight excluding hydrogens is 494 g/mol. The molecule has 3 aromatic carbocycles. The molecule has 0 radical (unpaired) electrons. The monoisotopic (exact) mass is 515 g/mol. The molecule has 0 spiro atoms. The largest absolute Gasteiger partial charge is 0.497 e. The second-order valence-corrected chi connectivity index (χ2v) is 7.70. The van der Waals surface area contributed by atoms with E-state index in [0.29, 0.717) is 28.4 Å². The molecule has 4 rings (SSSR count). The fraction of sp³-hybridized carbons (Fsp3) is 0.0833. The lowest BCUT2D eigenvalue weighted by Crippen LogP contribution is -2.08. The van der Waals surface area contributed by atoms with Gasteiger partial charge in [-0.3, -0.25) is 20.2 Å². The van der Waals surface area contributed by atoms with Gasteiger partial charge in [0.05, 0.1) is 22.7 Å². The lowest BCUT2D eigenvalue weighted by molar-refractivity contribution is -0.385. The van der Waals surface area contributed by atoms with Crippen LogP contribution in [0.25, 0.3) is 0 Å². The predicted molar refractivity (Wildman–Crippen MR) is 141 cm³/mol. The zero-order valence-electron chi connectivity index (χ0n) is 20.2. The van der Waals surface area contributed by atoms with E-state index in [1.807, 2.05) is 0 Å². The lowest BCUT2D eigenvalue weighted by Gasteiger charge is -2.11. The number of nitrogens with one attached hydrogen (secondary N) is 3. The van der Waals surface area contributed by atoms with Gasteiger partial charge >= 0.3 is 0 Å². The second kappa shape index (κ2) is 11.4. The summed E-state index contributed by atoms with van der Waals surface area (Å²) in [6.07, 6.45) is 0. The third-order valence-corrected chi connectivity index (χ3v) is 5.14. The summed E-state index contributed by atoms with van der Waals surface area (Å²) in [5.74, 6) is 1.13. The number of non-ortho nitro benzene ring substituents is 2. The van der Waals surface area contributed by atoms with Gasteiger partial charge in [0.1, 0.15) is 5.75 Å². The molecule has 14 nitrogen and oxygen atoms in total. The zero-order valence-corrected chi connectivity index (χ0v) is 20.2. The predicted octanol–water partition coefficient (Wildman–Crippen LogP) is 5.02. The Bertz CT molecular complexity index is 1480. The van der Waals surface area contributed by atoms with E-state index in [9.17, 15) is 20.2 Å². The van der Waals surface area contributed by atoms with Crippen LogP contribution in [0.4, 0.5) is 40.6 Å². The zero-order chi connectivity index (χ0) is 27.1. The van der Waals surface area contributed by atoms with Crippen LogP contribution < -0.4 is 20.8 Å². The Kier molecular flexibility index (Phi) is 7.62. The first kappa shape index (κ1) is 25.4. The highest BCUT2D eigenvalue weighted by Crippen LogP contribution is 2.22. The molecule has 4 aromatic rings. The van der Waals surface area contributed by atoms with E-state index in [1.165, 1.54) is 36.4 Å². The summed E-state index contributed by atoms with van der Waals surface area (Å²) >= 11 is 0. The van der Waals surface area contributed by atoms with Gasteiger partial charge in [-0.1, -0.05) is 0 Å². The number of benzene rings is 3. The average Bonchev–Trinajstić information content (AvgIpc) is 2.92. The van der Waals surface area contributed by atoms with Crippen molar-refractivity contribution in [1.82, 2.24) is 15.0 Å². The molecule has 0 bridgehead atoms. The van der Waals surface area contributed by atoms with Crippen molar-refractivity contribution in [2.45, 2.75) is 6.92 Å². The Morgan fingerprint density at radius 2 is 1.18 bits per heavy atom. The highest BCUT2D eigenvalue weighted by molar-refractivity contribution is 5.99. The van der Waals surface area contributed by atoms with Gasteiger partial charge in [-0.25, -0.2) is 5.43 Å². The number of hydrogen-bond donors (Lipinski definition) is 3. The number of rotatable bonds is 10. The molecule has 0 aliphatic rings. The Labute approximate surface area is 215 Å². The van der Waals surface area contributed by atoms with Crippen LogP contribution in [0.3, 0.4) is 0 Å². The maximum atomic E-state index is 10.9. The van der Waals surface area contributed by atoms with Gasteiger partial charge in [-0.05, 0) is 61.0 Å². The molecule has 0 aliphatic carbocycles. The highest BCUT2D eigenvalue weighted by Gasteiger charge is 2.10. The van der Waals surface area contributed by atoms with Crippen LogP contribution in [-0.2, 0) is 0 Å². The van der Waals surface area contributed by atoms with Crippen LogP contribution in [0.1, 0.15) is 12.5 Å². The van der Waals surface area contributed by atoms with E-state index < -0.39 is 9.85 Å². The van der Waals surface area contributed by atoms with Crippen molar-refractivity contribution >= 4 is 46.3 Å². The van der Waals surface area contributed by atoms with Crippen molar-refractivity contribution < 1.29 is 14.6 Å². The molecule has 0 aliphatic heterocycles. The lowest BCUT2D eigenvalue weighted by atomic mass is 10.1. The van der Waals surface area contributed by atoms with Gasteiger partial charge in [0, 0.05) is 35.6 Å². The van der Waals surface area contributed by atoms with E-state index in [-0.39, 0.29) is 29.2 Å². The van der Waals surface area contributed by atoms with Gasteiger partial charge in [0.15, 0.2) is 0 Å². The van der Waals surface area contributed by atoms with E-state index in [2.05, 4.69) is 36.1 Å². The number of methoxy groups -OCH3 is 1. The minimum Gasteiger partial charge on any atom is -0.497 e. The van der Waals surface area contributed by atoms with Gasteiger partial charge in [-0.2, -0.15) is 20.1 Å². The second-order valence-electron chi connectivity index (χ2n) is 7.70. The number of hydrogen-bond acceptors (Lipinski definition) is 12. The first-order valence-corrected chi connectivity index (χ1v) is 11.0. The third-order valence-electron chi connectivity index (χ3n) is 5.14. The topological polar surface area (TPSA) is 183 Å². The maximum absolute atomic E-state index is 10.9. The summed E-state index contributed by atoms with van der Waals surface area (Å²) in [5, 5.41) is 32.2. The van der Waals surface area contributed by atoms with Gasteiger partial charge in [0.25, 0.3) is 11.4 Å². The Morgan fingerprint density at radius 3 is 1.66 bits per heavy atom. The number of nitrogens with zero attached hydrogens (tertiary/aromatic N) is 6. The van der Waals surface area contributed by atoms with Crippen molar-refractivity contribution in [2.75, 3.05) is 23.2 Å². The van der Waals surface area contributed by atoms with Crippen molar-refractivity contribution in [3.05, 3.63) is 98.6 Å². The molecule has 192 valence electrons. The third kappa shape index (κ3) is 6.51. The van der Waals surface area contributed by atoms with Gasteiger partial charge in [0.2, 0.25) is 17.8 Å². The van der Waals surface area contributed by atoms with Crippen LogP contribution in [-0.4, -0.2) is 37.6 Å². The number of anilines is 5. The molecule has 0 amide bonds. The summed E-state index contributed by atoms with van der Waals surface area (Å²) in [4.78, 5) is 33.9.